The number of alkyl halides is 3. The summed E-state index contributed by atoms with van der Waals surface area (Å²) in [7, 11) is 0. The molecule has 0 amide bonds. The lowest BCUT2D eigenvalue weighted by Crippen LogP contribution is -2.17. The van der Waals surface area contributed by atoms with E-state index >= 15 is 0 Å². The Morgan fingerprint density at radius 3 is 2.41 bits per heavy atom. The van der Waals surface area contributed by atoms with Crippen LogP contribution < -0.4 is 0 Å². The molecule has 0 saturated heterocycles. The zero-order valence-corrected chi connectivity index (χ0v) is 15.2. The maximum atomic E-state index is 12.7. The standard InChI is InChI=1S/C20H23F3N2O2/c1-2-27-19(26)11-13-3-5-14(6-4-13)15-7-9-16(10-8-15)17-12-18(25-24-17)20(21,22)23/h7-10,12-14H,2-6,11H2,1H3,(H,24,25). The van der Waals surface area contributed by atoms with Crippen molar-refractivity contribution in [2.75, 3.05) is 6.61 Å². The molecule has 1 aromatic carbocycles. The number of carbonyl (C=O) groups is 1. The molecule has 1 saturated carbocycles. The summed E-state index contributed by atoms with van der Waals surface area (Å²) in [6.07, 6.45) is 0.0424. The molecule has 1 aliphatic carbocycles. The van der Waals surface area contributed by atoms with Gasteiger partial charge in [-0.25, -0.2) is 0 Å². The minimum Gasteiger partial charge on any atom is -0.466 e. The molecule has 2 aromatic rings. The Bertz CT molecular complexity index is 760. The first-order chi connectivity index (χ1) is 12.9. The average Bonchev–Trinajstić information content (AvgIpc) is 3.13. The van der Waals surface area contributed by atoms with E-state index in [9.17, 15) is 18.0 Å². The van der Waals surface area contributed by atoms with Gasteiger partial charge >= 0.3 is 12.1 Å². The van der Waals surface area contributed by atoms with Crippen LogP contribution in [0.3, 0.4) is 0 Å². The molecule has 3 rings (SSSR count). The number of benzene rings is 1. The summed E-state index contributed by atoms with van der Waals surface area (Å²) in [6, 6.07) is 8.59. The number of hydrogen-bond acceptors (Lipinski definition) is 3. The van der Waals surface area contributed by atoms with Gasteiger partial charge < -0.3 is 4.74 Å². The van der Waals surface area contributed by atoms with Gasteiger partial charge in [0.15, 0.2) is 0 Å². The number of carbonyl (C=O) groups excluding carboxylic acids is 1. The van der Waals surface area contributed by atoms with Crippen LogP contribution in [-0.2, 0) is 15.7 Å². The van der Waals surface area contributed by atoms with Gasteiger partial charge in [-0.15, -0.1) is 0 Å². The van der Waals surface area contributed by atoms with Crippen molar-refractivity contribution < 1.29 is 22.7 Å². The number of nitrogens with zero attached hydrogens (tertiary/aromatic N) is 1. The monoisotopic (exact) mass is 380 g/mol. The minimum absolute atomic E-state index is 0.123. The summed E-state index contributed by atoms with van der Waals surface area (Å²) in [4.78, 5) is 11.6. The number of nitrogens with one attached hydrogen (secondary N) is 1. The van der Waals surface area contributed by atoms with Gasteiger partial charge in [0.2, 0.25) is 0 Å². The van der Waals surface area contributed by atoms with Crippen LogP contribution in [0.1, 0.15) is 56.2 Å². The van der Waals surface area contributed by atoms with Gasteiger partial charge in [0, 0.05) is 12.0 Å². The van der Waals surface area contributed by atoms with Gasteiger partial charge in [-0.2, -0.15) is 18.3 Å². The van der Waals surface area contributed by atoms with Crippen LogP contribution in [0.5, 0.6) is 0 Å². The average molecular weight is 380 g/mol. The van der Waals surface area contributed by atoms with Gasteiger partial charge in [0.1, 0.15) is 5.69 Å². The van der Waals surface area contributed by atoms with E-state index in [0.717, 1.165) is 31.7 Å². The predicted molar refractivity (Wildman–Crippen MR) is 95.0 cm³/mol. The second kappa shape index (κ2) is 8.15. The molecule has 27 heavy (non-hydrogen) atoms. The van der Waals surface area contributed by atoms with E-state index in [1.807, 2.05) is 36.3 Å². The molecule has 0 bridgehead atoms. The van der Waals surface area contributed by atoms with Crippen molar-refractivity contribution in [3.8, 4) is 11.3 Å². The first kappa shape index (κ1) is 19.5. The topological polar surface area (TPSA) is 55.0 Å². The summed E-state index contributed by atoms with van der Waals surface area (Å²) >= 11 is 0. The third-order valence-electron chi connectivity index (χ3n) is 5.17. The first-order valence-electron chi connectivity index (χ1n) is 9.25. The van der Waals surface area contributed by atoms with Crippen molar-refractivity contribution in [1.29, 1.82) is 0 Å². The number of hydrogen-bond donors (Lipinski definition) is 1. The zero-order chi connectivity index (χ0) is 19.4. The maximum Gasteiger partial charge on any atom is 0.432 e. The Morgan fingerprint density at radius 2 is 1.85 bits per heavy atom. The molecule has 0 aliphatic heterocycles. The van der Waals surface area contributed by atoms with Crippen LogP contribution in [0.2, 0.25) is 0 Å². The summed E-state index contributed by atoms with van der Waals surface area (Å²) in [5.41, 5.74) is 1.27. The molecule has 1 heterocycles. The molecule has 0 spiro atoms. The van der Waals surface area contributed by atoms with E-state index in [1.54, 1.807) is 0 Å². The van der Waals surface area contributed by atoms with E-state index in [4.69, 9.17) is 4.74 Å². The summed E-state index contributed by atoms with van der Waals surface area (Å²) < 4.78 is 43.0. The highest BCUT2D eigenvalue weighted by atomic mass is 19.4. The van der Waals surface area contributed by atoms with Crippen LogP contribution in [0.4, 0.5) is 13.2 Å². The van der Waals surface area contributed by atoms with Crippen LogP contribution in [0, 0.1) is 5.92 Å². The largest absolute Gasteiger partial charge is 0.466 e. The molecule has 4 nitrogen and oxygen atoms in total. The van der Waals surface area contributed by atoms with Crippen LogP contribution in [0.15, 0.2) is 30.3 Å². The van der Waals surface area contributed by atoms with E-state index in [2.05, 4.69) is 5.10 Å². The number of H-pyrrole nitrogens is 1. The third-order valence-corrected chi connectivity index (χ3v) is 5.17. The van der Waals surface area contributed by atoms with Gasteiger partial charge in [0.25, 0.3) is 0 Å². The van der Waals surface area contributed by atoms with Crippen LogP contribution >= 0.6 is 0 Å². The molecular weight excluding hydrogens is 357 g/mol. The summed E-state index contributed by atoms with van der Waals surface area (Å²) in [5, 5.41) is 5.80. The van der Waals surface area contributed by atoms with Crippen LogP contribution in [0.25, 0.3) is 11.3 Å². The molecule has 146 valence electrons. The minimum atomic E-state index is -4.42. The molecule has 0 unspecified atom stereocenters. The second-order valence-corrected chi connectivity index (χ2v) is 7.01. The SMILES string of the molecule is CCOC(=O)CC1CCC(c2ccc(-c3cc(C(F)(F)F)[nH]n3)cc2)CC1. The lowest BCUT2D eigenvalue weighted by molar-refractivity contribution is -0.144. The number of ether oxygens (including phenoxy) is 1. The lowest BCUT2D eigenvalue weighted by atomic mass is 9.77. The van der Waals surface area contributed by atoms with Crippen molar-refractivity contribution in [3.63, 3.8) is 0 Å². The van der Waals surface area contributed by atoms with E-state index in [1.165, 1.54) is 5.56 Å². The van der Waals surface area contributed by atoms with Gasteiger partial charge in [0.05, 0.1) is 12.3 Å². The highest BCUT2D eigenvalue weighted by Crippen LogP contribution is 2.38. The molecule has 1 aliphatic rings. The number of aromatic amines is 1. The Labute approximate surface area is 156 Å². The first-order valence-corrected chi connectivity index (χ1v) is 9.25. The molecule has 0 radical (unpaired) electrons. The number of halogens is 3. The van der Waals surface area contributed by atoms with Crippen molar-refractivity contribution in [2.24, 2.45) is 5.92 Å². The highest BCUT2D eigenvalue weighted by molar-refractivity contribution is 5.69. The van der Waals surface area contributed by atoms with Crippen molar-refractivity contribution in [3.05, 3.63) is 41.6 Å². The number of esters is 1. The second-order valence-electron chi connectivity index (χ2n) is 7.01. The third kappa shape index (κ3) is 4.90. The van der Waals surface area contributed by atoms with Gasteiger partial charge in [-0.1, -0.05) is 24.3 Å². The molecule has 1 aromatic heterocycles. The maximum absolute atomic E-state index is 12.7. The van der Waals surface area contributed by atoms with Crippen molar-refractivity contribution in [2.45, 2.75) is 51.1 Å². The smallest absolute Gasteiger partial charge is 0.432 e. The fourth-order valence-corrected chi connectivity index (χ4v) is 3.70. The molecule has 0 atom stereocenters. The molecular formula is C20H23F3N2O2. The summed E-state index contributed by atoms with van der Waals surface area (Å²) in [5.74, 6) is 0.675. The van der Waals surface area contributed by atoms with E-state index in [-0.39, 0.29) is 11.7 Å². The lowest BCUT2D eigenvalue weighted by Gasteiger charge is -2.28. The number of rotatable bonds is 5. The quantitative estimate of drug-likeness (QED) is 0.714. The zero-order valence-electron chi connectivity index (χ0n) is 15.2. The summed E-state index contributed by atoms with van der Waals surface area (Å²) in [6.45, 7) is 2.23. The van der Waals surface area contributed by atoms with Crippen molar-refractivity contribution in [1.82, 2.24) is 10.2 Å². The van der Waals surface area contributed by atoms with Gasteiger partial charge in [-0.3, -0.25) is 9.89 Å². The van der Waals surface area contributed by atoms with Crippen molar-refractivity contribution >= 4 is 5.97 Å². The molecule has 7 heteroatoms. The van der Waals surface area contributed by atoms with Gasteiger partial charge in [-0.05, 0) is 56.1 Å². The fourth-order valence-electron chi connectivity index (χ4n) is 3.70. The van der Waals surface area contributed by atoms with Crippen LogP contribution in [-0.4, -0.2) is 22.8 Å². The molecule has 1 fully saturated rings. The number of aromatic nitrogens is 2. The Hall–Kier alpha value is -2.31. The van der Waals surface area contributed by atoms with E-state index in [0.29, 0.717) is 30.4 Å². The Kier molecular flexibility index (Phi) is 5.87. The Morgan fingerprint density at radius 1 is 1.19 bits per heavy atom. The van der Waals surface area contributed by atoms with E-state index < -0.39 is 11.9 Å². The Balaban J connectivity index is 1.58. The normalized spacial score (nSPS) is 20.4. The fraction of sp³-hybridized carbons (Fsp3) is 0.500. The molecule has 1 N–H and O–H groups in total. The highest BCUT2D eigenvalue weighted by Gasteiger charge is 2.33. The predicted octanol–water partition coefficient (Wildman–Crippen LogP) is 5.32.